The van der Waals surface area contributed by atoms with E-state index >= 15 is 0 Å². The highest BCUT2D eigenvalue weighted by atomic mass is 19.1. The number of aromatic nitrogens is 4. The Hall–Kier alpha value is -3.69. The van der Waals surface area contributed by atoms with Crippen molar-refractivity contribution in [1.29, 1.82) is 0 Å². The van der Waals surface area contributed by atoms with Gasteiger partial charge in [0.25, 0.3) is 0 Å². The number of hydrogen-bond acceptors (Lipinski definition) is 6. The van der Waals surface area contributed by atoms with Crippen molar-refractivity contribution in [2.24, 2.45) is 0 Å². The molecule has 2 N–H and O–H groups in total. The Bertz CT molecular complexity index is 1050. The van der Waals surface area contributed by atoms with Crippen LogP contribution in [-0.4, -0.2) is 43.2 Å². The molecular weight excluding hydrogens is 372 g/mol. The molecule has 3 aromatic rings. The first-order valence-corrected chi connectivity index (χ1v) is 8.16. The minimum absolute atomic E-state index is 0.00685. The molecule has 0 unspecified atom stereocenters. The quantitative estimate of drug-likeness (QED) is 0.599. The van der Waals surface area contributed by atoms with Crippen LogP contribution >= 0.6 is 0 Å². The van der Waals surface area contributed by atoms with Gasteiger partial charge in [0.15, 0.2) is 23.2 Å². The molecule has 0 spiro atoms. The van der Waals surface area contributed by atoms with E-state index in [1.165, 1.54) is 23.7 Å². The summed E-state index contributed by atoms with van der Waals surface area (Å²) in [7, 11) is 0. The monoisotopic (exact) mass is 387 g/mol. The average molecular weight is 387 g/mol. The molecule has 2 aromatic heterocycles. The Morgan fingerprint density at radius 3 is 2.64 bits per heavy atom. The number of anilines is 1. The number of rotatable bonds is 7. The van der Waals surface area contributed by atoms with Crippen LogP contribution < -0.4 is 5.32 Å². The molecule has 0 fully saturated rings. The number of carboxylic acids is 1. The Morgan fingerprint density at radius 1 is 1.21 bits per heavy atom. The van der Waals surface area contributed by atoms with Crippen LogP contribution in [0, 0.1) is 11.6 Å². The maximum Gasteiger partial charge on any atom is 0.322 e. The first-order chi connectivity index (χ1) is 13.3. The van der Waals surface area contributed by atoms with Crippen LogP contribution in [0.25, 0.3) is 11.5 Å². The van der Waals surface area contributed by atoms with Gasteiger partial charge in [0, 0.05) is 12.5 Å². The number of Topliss-reactive ketones (excluding diaryl/α,β-unsaturated/α-hetero) is 1. The zero-order valence-corrected chi connectivity index (χ0v) is 14.7. The summed E-state index contributed by atoms with van der Waals surface area (Å²) in [6.45, 7) is 0.810. The molecule has 0 saturated carbocycles. The van der Waals surface area contributed by atoms with Crippen LogP contribution in [0.15, 0.2) is 36.5 Å². The second-order valence-corrected chi connectivity index (χ2v) is 5.86. The van der Waals surface area contributed by atoms with Gasteiger partial charge in [0.05, 0.1) is 12.7 Å². The molecule has 0 amide bonds. The van der Waals surface area contributed by atoms with E-state index in [0.29, 0.717) is 5.56 Å². The van der Waals surface area contributed by atoms with E-state index in [1.54, 1.807) is 18.2 Å². The van der Waals surface area contributed by atoms with Crippen LogP contribution in [0.2, 0.25) is 0 Å². The third-order valence-electron chi connectivity index (χ3n) is 3.80. The van der Waals surface area contributed by atoms with Gasteiger partial charge in [0.1, 0.15) is 23.7 Å². The van der Waals surface area contributed by atoms with Crippen molar-refractivity contribution < 1.29 is 23.5 Å². The van der Waals surface area contributed by atoms with E-state index in [1.807, 2.05) is 0 Å². The minimum Gasteiger partial charge on any atom is -0.480 e. The van der Waals surface area contributed by atoms with Crippen LogP contribution in [0.3, 0.4) is 0 Å². The summed E-state index contributed by atoms with van der Waals surface area (Å²) in [5.74, 6) is -3.08. The third kappa shape index (κ3) is 4.17. The molecule has 144 valence electrons. The molecular formula is C18H15F2N5O3. The lowest BCUT2D eigenvalue weighted by Gasteiger charge is -2.06. The molecule has 0 atom stereocenters. The number of aliphatic carboxylic acids is 1. The summed E-state index contributed by atoms with van der Waals surface area (Å²) in [5, 5.41) is 15.3. The SMILES string of the molecule is CC(=O)c1cc(-c2ncc(F)c(NCC(=O)O)n2)nn1Cc1ccccc1F. The van der Waals surface area contributed by atoms with Gasteiger partial charge in [-0.25, -0.2) is 18.7 Å². The van der Waals surface area contributed by atoms with Crippen LogP contribution in [0.5, 0.6) is 0 Å². The summed E-state index contributed by atoms with van der Waals surface area (Å²) in [6.07, 6.45) is 0.871. The number of nitrogens with zero attached hydrogens (tertiary/aromatic N) is 4. The number of carbonyl (C=O) groups is 2. The van der Waals surface area contributed by atoms with E-state index in [4.69, 9.17) is 5.11 Å². The maximum atomic E-state index is 13.9. The summed E-state index contributed by atoms with van der Waals surface area (Å²) in [6, 6.07) is 7.51. The first-order valence-electron chi connectivity index (χ1n) is 8.16. The van der Waals surface area contributed by atoms with Gasteiger partial charge in [0.2, 0.25) is 0 Å². The van der Waals surface area contributed by atoms with Crippen LogP contribution in [0.1, 0.15) is 23.0 Å². The fourth-order valence-corrected chi connectivity index (χ4v) is 2.49. The van der Waals surface area contributed by atoms with Gasteiger partial charge in [-0.2, -0.15) is 5.10 Å². The maximum absolute atomic E-state index is 13.9. The van der Waals surface area contributed by atoms with Crippen molar-refractivity contribution in [1.82, 2.24) is 19.7 Å². The van der Waals surface area contributed by atoms with Gasteiger partial charge in [-0.05, 0) is 12.1 Å². The molecule has 0 aliphatic heterocycles. The van der Waals surface area contributed by atoms with Gasteiger partial charge in [-0.3, -0.25) is 14.3 Å². The van der Waals surface area contributed by atoms with Crippen molar-refractivity contribution in [2.45, 2.75) is 13.5 Å². The molecule has 2 heterocycles. The number of benzene rings is 1. The molecule has 0 radical (unpaired) electrons. The molecule has 8 nitrogen and oxygen atoms in total. The van der Waals surface area contributed by atoms with Crippen molar-refractivity contribution in [2.75, 3.05) is 11.9 Å². The normalized spacial score (nSPS) is 10.7. The standard InChI is InChI=1S/C18H15F2N5O3/c1-10(26)15-6-14(24-25(15)9-11-4-2-3-5-12(11)19)18-21-7-13(20)17(23-18)22-8-16(27)28/h2-7H,8-9H2,1H3,(H,27,28)(H,21,22,23). The van der Waals surface area contributed by atoms with Crippen molar-refractivity contribution >= 4 is 17.6 Å². The first kappa shape index (κ1) is 19.1. The van der Waals surface area contributed by atoms with Crippen LogP contribution in [0.4, 0.5) is 14.6 Å². The second-order valence-electron chi connectivity index (χ2n) is 5.86. The van der Waals surface area contributed by atoms with E-state index < -0.39 is 24.1 Å². The predicted molar refractivity (Wildman–Crippen MR) is 94.8 cm³/mol. The van der Waals surface area contributed by atoms with Crippen molar-refractivity contribution in [3.8, 4) is 11.5 Å². The van der Waals surface area contributed by atoms with Gasteiger partial charge in [-0.15, -0.1) is 0 Å². The number of halogens is 2. The van der Waals surface area contributed by atoms with Crippen LogP contribution in [-0.2, 0) is 11.3 Å². The number of hydrogen-bond donors (Lipinski definition) is 2. The fourth-order valence-electron chi connectivity index (χ4n) is 2.49. The number of carboxylic acid groups (broad SMARTS) is 1. The van der Waals surface area contributed by atoms with E-state index in [9.17, 15) is 18.4 Å². The lowest BCUT2D eigenvalue weighted by molar-refractivity contribution is -0.134. The Morgan fingerprint density at radius 2 is 1.96 bits per heavy atom. The second kappa shape index (κ2) is 7.91. The minimum atomic E-state index is -1.19. The predicted octanol–water partition coefficient (Wildman–Crippen LogP) is 2.37. The summed E-state index contributed by atoms with van der Waals surface area (Å²) in [5.41, 5.74) is 0.703. The van der Waals surface area contributed by atoms with Crippen molar-refractivity contribution in [3.63, 3.8) is 0 Å². The summed E-state index contributed by atoms with van der Waals surface area (Å²) in [4.78, 5) is 30.4. The lowest BCUT2D eigenvalue weighted by atomic mass is 10.2. The summed E-state index contributed by atoms with van der Waals surface area (Å²) >= 11 is 0. The molecule has 1 aromatic carbocycles. The molecule has 0 saturated heterocycles. The van der Waals surface area contributed by atoms with E-state index in [0.717, 1.165) is 6.20 Å². The number of carbonyl (C=O) groups excluding carboxylic acids is 1. The van der Waals surface area contributed by atoms with E-state index in [-0.39, 0.29) is 35.4 Å². The summed E-state index contributed by atoms with van der Waals surface area (Å²) < 4.78 is 29.0. The van der Waals surface area contributed by atoms with Gasteiger partial charge in [-0.1, -0.05) is 18.2 Å². The number of nitrogens with one attached hydrogen (secondary N) is 1. The molecule has 3 rings (SSSR count). The molecule has 28 heavy (non-hydrogen) atoms. The van der Waals surface area contributed by atoms with Gasteiger partial charge < -0.3 is 10.4 Å². The largest absolute Gasteiger partial charge is 0.480 e. The Labute approximate surface area is 157 Å². The Kier molecular flexibility index (Phi) is 5.39. The zero-order chi connectivity index (χ0) is 20.3. The molecule has 10 heteroatoms. The molecule has 0 bridgehead atoms. The fraction of sp³-hybridized carbons (Fsp3) is 0.167. The van der Waals surface area contributed by atoms with Gasteiger partial charge >= 0.3 is 5.97 Å². The highest BCUT2D eigenvalue weighted by molar-refractivity contribution is 5.93. The molecule has 0 aliphatic carbocycles. The topological polar surface area (TPSA) is 110 Å². The number of ketones is 1. The Balaban J connectivity index is 1.97. The van der Waals surface area contributed by atoms with Crippen molar-refractivity contribution in [3.05, 3.63) is 59.4 Å². The zero-order valence-electron chi connectivity index (χ0n) is 14.7. The smallest absolute Gasteiger partial charge is 0.322 e. The van der Waals surface area contributed by atoms with E-state index in [2.05, 4.69) is 20.4 Å². The molecule has 0 aliphatic rings. The lowest BCUT2D eigenvalue weighted by Crippen LogP contribution is -2.15. The average Bonchev–Trinajstić information content (AvgIpc) is 3.07. The highest BCUT2D eigenvalue weighted by Crippen LogP contribution is 2.20. The highest BCUT2D eigenvalue weighted by Gasteiger charge is 2.18. The third-order valence-corrected chi connectivity index (χ3v) is 3.80.